The Bertz CT molecular complexity index is 586. The van der Waals surface area contributed by atoms with E-state index in [9.17, 15) is 4.79 Å². The van der Waals surface area contributed by atoms with Crippen LogP contribution in [0.2, 0.25) is 0 Å². The van der Waals surface area contributed by atoms with Crippen molar-refractivity contribution < 1.29 is 4.79 Å². The minimum atomic E-state index is 0.0474. The largest absolute Gasteiger partial charge is 0.388 e. The van der Waals surface area contributed by atoms with Crippen molar-refractivity contribution in [3.8, 4) is 0 Å². The van der Waals surface area contributed by atoms with E-state index in [1.165, 1.54) is 0 Å². The van der Waals surface area contributed by atoms with Gasteiger partial charge in [-0.1, -0.05) is 13.8 Å². The maximum Gasteiger partial charge on any atom is 0.159 e. The second-order valence-corrected chi connectivity index (χ2v) is 4.10. The third-order valence-corrected chi connectivity index (χ3v) is 2.71. The van der Waals surface area contributed by atoms with Crippen LogP contribution in [0.25, 0.3) is 0 Å². The molecule has 0 atom stereocenters. The predicted octanol–water partition coefficient (Wildman–Crippen LogP) is 5.37. The van der Waals surface area contributed by atoms with Crippen LogP contribution >= 0.6 is 0 Å². The van der Waals surface area contributed by atoms with Crippen LogP contribution in [0.4, 0.5) is 17.1 Å². The number of carbonyl (C=O) groups excluding carboxylic acids is 1. The molecule has 1 N–H and O–H groups in total. The molecule has 0 fully saturated rings. The molecule has 0 aliphatic carbocycles. The average molecular weight is 283 g/mol. The maximum absolute atomic E-state index is 11.1. The topological polar surface area (TPSA) is 53.8 Å². The molecule has 21 heavy (non-hydrogen) atoms. The molecule has 0 aliphatic heterocycles. The fraction of sp³-hybridized carbons (Fsp3) is 0.235. The highest BCUT2D eigenvalue weighted by Gasteiger charge is 1.98. The lowest BCUT2D eigenvalue weighted by atomic mass is 10.1. The van der Waals surface area contributed by atoms with Gasteiger partial charge in [0.1, 0.15) is 0 Å². The molecule has 110 valence electrons. The molecule has 2 aromatic carbocycles. The minimum Gasteiger partial charge on any atom is -0.388 e. The van der Waals surface area contributed by atoms with Crippen molar-refractivity contribution in [3.05, 3.63) is 54.1 Å². The summed E-state index contributed by atoms with van der Waals surface area (Å²) in [5.41, 5.74) is 3.22. The van der Waals surface area contributed by atoms with Crippen LogP contribution in [0.5, 0.6) is 0 Å². The SMILES string of the molecule is CC.CNc1ccc(N=Nc2ccc(C(C)=O)cc2)cc1. The quantitative estimate of drug-likeness (QED) is 0.605. The molecule has 0 radical (unpaired) electrons. The van der Waals surface area contributed by atoms with Gasteiger partial charge in [0.15, 0.2) is 5.78 Å². The van der Waals surface area contributed by atoms with Crippen molar-refractivity contribution >= 4 is 22.8 Å². The van der Waals surface area contributed by atoms with Crippen molar-refractivity contribution in [2.24, 2.45) is 10.2 Å². The summed E-state index contributed by atoms with van der Waals surface area (Å²) in [6, 6.07) is 14.7. The van der Waals surface area contributed by atoms with Gasteiger partial charge in [0, 0.05) is 18.3 Å². The Labute approximate surface area is 125 Å². The van der Waals surface area contributed by atoms with Gasteiger partial charge in [0.05, 0.1) is 11.4 Å². The lowest BCUT2D eigenvalue weighted by Crippen LogP contribution is -1.89. The maximum atomic E-state index is 11.1. The van der Waals surface area contributed by atoms with Crippen molar-refractivity contribution in [1.29, 1.82) is 0 Å². The molecule has 0 spiro atoms. The molecule has 2 rings (SSSR count). The second-order valence-electron chi connectivity index (χ2n) is 4.10. The number of ketones is 1. The number of Topliss-reactive ketones (excluding diaryl/α,β-unsaturated/α-hetero) is 1. The van der Waals surface area contributed by atoms with Crippen LogP contribution in [0.3, 0.4) is 0 Å². The first-order valence-electron chi connectivity index (χ1n) is 6.99. The Kier molecular flexibility index (Phi) is 6.81. The van der Waals surface area contributed by atoms with Crippen LogP contribution in [-0.2, 0) is 0 Å². The number of nitrogens with zero attached hydrogens (tertiary/aromatic N) is 2. The zero-order chi connectivity index (χ0) is 15.7. The van der Waals surface area contributed by atoms with Gasteiger partial charge in [0.25, 0.3) is 0 Å². The summed E-state index contributed by atoms with van der Waals surface area (Å²) in [7, 11) is 1.87. The first-order chi connectivity index (χ1) is 10.2. The summed E-state index contributed by atoms with van der Waals surface area (Å²) >= 11 is 0. The van der Waals surface area contributed by atoms with Crippen molar-refractivity contribution in [1.82, 2.24) is 0 Å². The monoisotopic (exact) mass is 283 g/mol. The average Bonchev–Trinajstić information content (AvgIpc) is 2.55. The number of hydrogen-bond donors (Lipinski definition) is 1. The number of carbonyl (C=O) groups is 1. The fourth-order valence-electron chi connectivity index (χ4n) is 1.57. The van der Waals surface area contributed by atoms with E-state index in [2.05, 4.69) is 15.5 Å². The summed E-state index contributed by atoms with van der Waals surface area (Å²) in [4.78, 5) is 11.1. The van der Waals surface area contributed by atoms with E-state index in [1.54, 1.807) is 31.2 Å². The molecular weight excluding hydrogens is 262 g/mol. The van der Waals surface area contributed by atoms with Gasteiger partial charge in [-0.25, -0.2) is 0 Å². The summed E-state index contributed by atoms with van der Waals surface area (Å²) < 4.78 is 0. The normalized spacial score (nSPS) is 9.90. The molecular formula is C17H21N3O. The highest BCUT2D eigenvalue weighted by molar-refractivity contribution is 5.94. The Morgan fingerprint density at radius 2 is 1.29 bits per heavy atom. The Morgan fingerprint density at radius 1 is 0.857 bits per heavy atom. The third-order valence-electron chi connectivity index (χ3n) is 2.71. The molecule has 0 heterocycles. The predicted molar refractivity (Wildman–Crippen MR) is 88.0 cm³/mol. The van der Waals surface area contributed by atoms with E-state index >= 15 is 0 Å². The van der Waals surface area contributed by atoms with E-state index in [0.29, 0.717) is 5.56 Å². The summed E-state index contributed by atoms with van der Waals surface area (Å²) in [6.45, 7) is 5.54. The number of benzene rings is 2. The van der Waals surface area contributed by atoms with Gasteiger partial charge in [-0.3, -0.25) is 4.79 Å². The van der Waals surface area contributed by atoms with Crippen LogP contribution in [0.1, 0.15) is 31.1 Å². The Balaban J connectivity index is 0.00000106. The zero-order valence-corrected chi connectivity index (χ0v) is 12.9. The number of nitrogens with one attached hydrogen (secondary N) is 1. The lowest BCUT2D eigenvalue weighted by Gasteiger charge is -1.99. The number of anilines is 1. The van der Waals surface area contributed by atoms with Crippen molar-refractivity contribution in [2.45, 2.75) is 20.8 Å². The summed E-state index contributed by atoms with van der Waals surface area (Å²) in [5.74, 6) is 0.0474. The molecule has 0 saturated heterocycles. The van der Waals surface area contributed by atoms with E-state index in [0.717, 1.165) is 17.1 Å². The zero-order valence-electron chi connectivity index (χ0n) is 12.9. The fourth-order valence-corrected chi connectivity index (χ4v) is 1.57. The molecule has 0 aliphatic rings. The lowest BCUT2D eigenvalue weighted by molar-refractivity contribution is 0.101. The number of hydrogen-bond acceptors (Lipinski definition) is 4. The Morgan fingerprint density at radius 3 is 1.67 bits per heavy atom. The third kappa shape index (κ3) is 5.18. The molecule has 4 nitrogen and oxygen atoms in total. The number of azo groups is 1. The number of rotatable bonds is 4. The molecule has 0 aromatic heterocycles. The van der Waals surface area contributed by atoms with Crippen molar-refractivity contribution in [2.75, 3.05) is 12.4 Å². The Hall–Kier alpha value is -2.49. The van der Waals surface area contributed by atoms with Gasteiger partial charge in [-0.05, 0) is 55.5 Å². The van der Waals surface area contributed by atoms with Gasteiger partial charge in [0.2, 0.25) is 0 Å². The molecule has 0 bridgehead atoms. The van der Waals surface area contributed by atoms with Gasteiger partial charge in [-0.15, -0.1) is 0 Å². The van der Waals surface area contributed by atoms with Crippen LogP contribution in [0.15, 0.2) is 58.8 Å². The standard InChI is InChI=1S/C15H15N3O.C2H6/c1-11(19)12-3-5-14(6-4-12)17-18-15-9-7-13(16-2)8-10-15;1-2/h3-10,16H,1-2H3;1-2H3. The molecule has 0 saturated carbocycles. The van der Waals surface area contributed by atoms with Gasteiger partial charge >= 0.3 is 0 Å². The highest BCUT2D eigenvalue weighted by atomic mass is 16.1. The highest BCUT2D eigenvalue weighted by Crippen LogP contribution is 2.20. The summed E-state index contributed by atoms with van der Waals surface area (Å²) in [6.07, 6.45) is 0. The van der Waals surface area contributed by atoms with Crippen molar-refractivity contribution in [3.63, 3.8) is 0 Å². The molecule has 4 heteroatoms. The van der Waals surface area contributed by atoms with E-state index < -0.39 is 0 Å². The van der Waals surface area contributed by atoms with E-state index in [1.807, 2.05) is 45.2 Å². The second kappa shape index (κ2) is 8.64. The van der Waals surface area contributed by atoms with Crippen LogP contribution < -0.4 is 5.32 Å². The first-order valence-corrected chi connectivity index (χ1v) is 6.99. The van der Waals surface area contributed by atoms with E-state index in [4.69, 9.17) is 0 Å². The first kappa shape index (κ1) is 16.6. The minimum absolute atomic E-state index is 0.0474. The smallest absolute Gasteiger partial charge is 0.159 e. The van der Waals surface area contributed by atoms with Gasteiger partial charge in [-0.2, -0.15) is 10.2 Å². The molecule has 0 unspecified atom stereocenters. The van der Waals surface area contributed by atoms with Crippen LogP contribution in [-0.4, -0.2) is 12.8 Å². The van der Waals surface area contributed by atoms with Gasteiger partial charge < -0.3 is 5.32 Å². The van der Waals surface area contributed by atoms with Crippen LogP contribution in [0, 0.1) is 0 Å². The van der Waals surface area contributed by atoms with E-state index in [-0.39, 0.29) is 5.78 Å². The summed E-state index contributed by atoms with van der Waals surface area (Å²) in [5, 5.41) is 11.3. The molecule has 2 aromatic rings. The molecule has 0 amide bonds.